The number of piperidine rings is 1. The molecule has 3 heterocycles. The molecule has 1 aliphatic rings. The molecule has 1 aliphatic heterocycles. The highest BCUT2D eigenvalue weighted by Gasteiger charge is 2.34. The molecule has 0 bridgehead atoms. The monoisotopic (exact) mass is 491 g/mol. The van der Waals surface area contributed by atoms with E-state index in [-0.39, 0.29) is 40.2 Å². The van der Waals surface area contributed by atoms with Crippen molar-refractivity contribution in [2.75, 3.05) is 20.2 Å². The summed E-state index contributed by atoms with van der Waals surface area (Å²) in [6.07, 6.45) is 2.58. The molecule has 1 saturated heterocycles. The molecule has 4 rings (SSSR count). The van der Waals surface area contributed by atoms with Gasteiger partial charge in [-0.05, 0) is 36.5 Å². The average molecular weight is 492 g/mol. The summed E-state index contributed by atoms with van der Waals surface area (Å²) in [7, 11) is -2.48. The molecule has 0 N–H and O–H groups in total. The standard InChI is InChI=1S/C22H25N3O6S2/c1-14-8-15(2)12-24(11-14)33(28,29)19-9-16(4-5-18(19)30-3)21(27)31-13-17-10-20(26)25-6-7-32-22(25)23-17/h4-7,9-10,14-15H,8,11-13H2,1-3H3/t14-,15-/m0/s1. The normalized spacial score (nSPS) is 19.5. The lowest BCUT2D eigenvalue weighted by Crippen LogP contribution is -2.42. The molecule has 9 nitrogen and oxygen atoms in total. The molecule has 1 aromatic carbocycles. The lowest BCUT2D eigenvalue weighted by Gasteiger charge is -2.34. The quantitative estimate of drug-likeness (QED) is 0.488. The Bertz CT molecular complexity index is 1340. The number of hydrogen-bond acceptors (Lipinski definition) is 8. The van der Waals surface area contributed by atoms with Crippen molar-refractivity contribution >= 4 is 32.3 Å². The first-order valence-corrected chi connectivity index (χ1v) is 12.8. The molecule has 11 heteroatoms. The van der Waals surface area contributed by atoms with E-state index in [1.54, 1.807) is 11.6 Å². The Morgan fingerprint density at radius 3 is 2.64 bits per heavy atom. The Morgan fingerprint density at radius 2 is 1.94 bits per heavy atom. The Hall–Kier alpha value is -2.76. The summed E-state index contributed by atoms with van der Waals surface area (Å²) >= 11 is 1.29. The van der Waals surface area contributed by atoms with Crippen LogP contribution in [0, 0.1) is 11.8 Å². The molecule has 0 amide bonds. The van der Waals surface area contributed by atoms with Crippen molar-refractivity contribution in [3.8, 4) is 5.75 Å². The van der Waals surface area contributed by atoms with Crippen LogP contribution >= 0.6 is 11.3 Å². The molecule has 0 aliphatic carbocycles. The van der Waals surface area contributed by atoms with E-state index < -0.39 is 16.0 Å². The van der Waals surface area contributed by atoms with Gasteiger partial charge in [-0.15, -0.1) is 11.3 Å². The van der Waals surface area contributed by atoms with E-state index in [4.69, 9.17) is 9.47 Å². The molecule has 33 heavy (non-hydrogen) atoms. The molecule has 3 aromatic rings. The summed E-state index contributed by atoms with van der Waals surface area (Å²) < 4.78 is 40.2. The summed E-state index contributed by atoms with van der Waals surface area (Å²) in [4.78, 5) is 29.5. The van der Waals surface area contributed by atoms with Crippen LogP contribution in [-0.2, 0) is 21.4 Å². The molecule has 1 fully saturated rings. The fourth-order valence-corrected chi connectivity index (χ4v) is 6.73. The number of carbonyl (C=O) groups excluding carboxylic acids is 1. The van der Waals surface area contributed by atoms with Gasteiger partial charge in [-0.1, -0.05) is 13.8 Å². The zero-order chi connectivity index (χ0) is 23.8. The molecule has 0 radical (unpaired) electrons. The number of nitrogens with zero attached hydrogens (tertiary/aromatic N) is 3. The van der Waals surface area contributed by atoms with E-state index in [1.165, 1.54) is 51.4 Å². The molecular formula is C22H25N3O6S2. The van der Waals surface area contributed by atoms with Gasteiger partial charge >= 0.3 is 5.97 Å². The maximum atomic E-state index is 13.4. The second-order valence-electron chi connectivity index (χ2n) is 8.35. The van der Waals surface area contributed by atoms with Gasteiger partial charge < -0.3 is 9.47 Å². The third-order valence-electron chi connectivity index (χ3n) is 5.56. The number of carbonyl (C=O) groups is 1. The van der Waals surface area contributed by atoms with Crippen molar-refractivity contribution in [3.05, 3.63) is 57.5 Å². The van der Waals surface area contributed by atoms with Crippen LogP contribution in [0.1, 0.15) is 36.3 Å². The lowest BCUT2D eigenvalue weighted by atomic mass is 9.94. The Balaban J connectivity index is 1.57. The third kappa shape index (κ3) is 4.80. The highest BCUT2D eigenvalue weighted by atomic mass is 32.2. The zero-order valence-corrected chi connectivity index (χ0v) is 20.2. The van der Waals surface area contributed by atoms with Gasteiger partial charge in [0.05, 0.1) is 18.4 Å². The predicted molar refractivity (Wildman–Crippen MR) is 123 cm³/mol. The van der Waals surface area contributed by atoms with Gasteiger partial charge in [-0.3, -0.25) is 9.20 Å². The largest absolute Gasteiger partial charge is 0.495 e. The SMILES string of the molecule is COc1ccc(C(=O)OCc2cc(=O)n3ccsc3n2)cc1S(=O)(=O)N1C[C@@H](C)C[C@H](C)C1. The fraction of sp³-hybridized carbons (Fsp3) is 0.409. The van der Waals surface area contributed by atoms with Crippen molar-refractivity contribution in [2.24, 2.45) is 11.8 Å². The molecule has 2 aromatic heterocycles. The van der Waals surface area contributed by atoms with Crippen molar-refractivity contribution in [1.29, 1.82) is 0 Å². The number of esters is 1. The molecule has 0 saturated carbocycles. The summed E-state index contributed by atoms with van der Waals surface area (Å²) in [5.74, 6) is -0.0854. The smallest absolute Gasteiger partial charge is 0.338 e. The van der Waals surface area contributed by atoms with E-state index in [2.05, 4.69) is 4.98 Å². The first-order chi connectivity index (χ1) is 15.7. The molecular weight excluding hydrogens is 466 g/mol. The van der Waals surface area contributed by atoms with Crippen molar-refractivity contribution in [3.63, 3.8) is 0 Å². The number of ether oxygens (including phenoxy) is 2. The topological polar surface area (TPSA) is 107 Å². The molecule has 0 spiro atoms. The van der Waals surface area contributed by atoms with Crippen LogP contribution in [0.25, 0.3) is 4.96 Å². The molecule has 176 valence electrons. The second-order valence-corrected chi connectivity index (χ2v) is 11.1. The fourth-order valence-electron chi connectivity index (χ4n) is 4.13. The van der Waals surface area contributed by atoms with E-state index in [9.17, 15) is 18.0 Å². The number of hydrogen-bond donors (Lipinski definition) is 0. The summed E-state index contributed by atoms with van der Waals surface area (Å²) in [5.41, 5.74) is 0.116. The van der Waals surface area contributed by atoms with Gasteiger partial charge in [-0.25, -0.2) is 18.2 Å². The van der Waals surface area contributed by atoms with Gasteiger partial charge in [-0.2, -0.15) is 4.31 Å². The molecule has 2 atom stereocenters. The number of fused-ring (bicyclic) bond motifs is 1. The minimum Gasteiger partial charge on any atom is -0.495 e. The van der Waals surface area contributed by atoms with Gasteiger partial charge in [0.15, 0.2) is 4.96 Å². The van der Waals surface area contributed by atoms with E-state index >= 15 is 0 Å². The van der Waals surface area contributed by atoms with Crippen molar-refractivity contribution < 1.29 is 22.7 Å². The first-order valence-electron chi connectivity index (χ1n) is 10.5. The summed E-state index contributed by atoms with van der Waals surface area (Å²) in [5, 5.41) is 1.74. The van der Waals surface area contributed by atoms with Gasteiger partial charge in [0.2, 0.25) is 10.0 Å². The van der Waals surface area contributed by atoms with E-state index in [1.807, 2.05) is 13.8 Å². The lowest BCUT2D eigenvalue weighted by molar-refractivity contribution is 0.0467. The van der Waals surface area contributed by atoms with Crippen LogP contribution in [0.4, 0.5) is 0 Å². The van der Waals surface area contributed by atoms with Gasteiger partial charge in [0.1, 0.15) is 17.3 Å². The number of methoxy groups -OCH3 is 1. The highest BCUT2D eigenvalue weighted by molar-refractivity contribution is 7.89. The summed E-state index contributed by atoms with van der Waals surface area (Å²) in [6.45, 7) is 4.67. The third-order valence-corrected chi connectivity index (χ3v) is 8.17. The highest BCUT2D eigenvalue weighted by Crippen LogP contribution is 2.32. The molecule has 0 unspecified atom stereocenters. The number of sulfonamides is 1. The number of rotatable bonds is 6. The van der Waals surface area contributed by atoms with Gasteiger partial charge in [0.25, 0.3) is 5.56 Å². The second kappa shape index (κ2) is 9.24. The number of benzene rings is 1. The van der Waals surface area contributed by atoms with Crippen molar-refractivity contribution in [1.82, 2.24) is 13.7 Å². The number of thiazole rings is 1. The van der Waals surface area contributed by atoms with Crippen LogP contribution in [0.3, 0.4) is 0 Å². The van der Waals surface area contributed by atoms with Crippen LogP contribution in [0.5, 0.6) is 5.75 Å². The van der Waals surface area contributed by atoms with Crippen LogP contribution in [0.15, 0.2) is 45.5 Å². The average Bonchev–Trinajstić information content (AvgIpc) is 3.25. The maximum Gasteiger partial charge on any atom is 0.338 e. The Labute approximate surface area is 195 Å². The first kappa shape index (κ1) is 23.4. The van der Waals surface area contributed by atoms with E-state index in [0.717, 1.165) is 6.42 Å². The van der Waals surface area contributed by atoms with Crippen LogP contribution in [0.2, 0.25) is 0 Å². The minimum absolute atomic E-state index is 0.0707. The Kier molecular flexibility index (Phi) is 6.55. The van der Waals surface area contributed by atoms with Crippen LogP contribution < -0.4 is 10.3 Å². The minimum atomic E-state index is -3.87. The predicted octanol–water partition coefficient (Wildman–Crippen LogP) is 2.79. The Morgan fingerprint density at radius 1 is 1.21 bits per heavy atom. The van der Waals surface area contributed by atoms with Crippen LogP contribution in [-0.4, -0.2) is 48.3 Å². The zero-order valence-electron chi connectivity index (χ0n) is 18.6. The number of aromatic nitrogens is 2. The van der Waals surface area contributed by atoms with E-state index in [0.29, 0.717) is 23.7 Å². The summed E-state index contributed by atoms with van der Waals surface area (Å²) in [6, 6.07) is 5.48. The maximum absolute atomic E-state index is 13.4. The van der Waals surface area contributed by atoms with Gasteiger partial charge in [0, 0.05) is 30.7 Å². The van der Waals surface area contributed by atoms with Crippen molar-refractivity contribution in [2.45, 2.75) is 31.8 Å².